The molecule has 0 N–H and O–H groups in total. The number of thiophene rings is 1. The van der Waals surface area contributed by atoms with Gasteiger partial charge < -0.3 is 4.55 Å². The first kappa shape index (κ1) is 27.9. The fraction of sp³-hybridized carbons (Fsp3) is 0.0606. The Labute approximate surface area is 250 Å². The molecule has 0 aliphatic heterocycles. The quantitative estimate of drug-likeness (QED) is 0.179. The van der Waals surface area contributed by atoms with Crippen LogP contribution in [0, 0.1) is 24.1 Å². The van der Waals surface area contributed by atoms with E-state index in [1.54, 1.807) is 54.1 Å². The number of halogens is 1. The van der Waals surface area contributed by atoms with Gasteiger partial charge in [-0.05, 0) is 83.1 Å². The predicted molar refractivity (Wildman–Crippen MR) is 167 cm³/mol. The van der Waals surface area contributed by atoms with Crippen LogP contribution in [0.1, 0.15) is 10.4 Å². The molecular formula is C33H23FN2O3S3. The van der Waals surface area contributed by atoms with Crippen molar-refractivity contribution in [2.75, 3.05) is 6.26 Å². The second-order valence-corrected chi connectivity index (χ2v) is 13.9. The highest BCUT2D eigenvalue weighted by atomic mass is 32.2. The maximum Gasteiger partial charge on any atom is 0.268 e. The lowest BCUT2D eigenvalue weighted by Crippen LogP contribution is -2.14. The third kappa shape index (κ3) is 4.82. The minimum absolute atomic E-state index is 0.0854. The van der Waals surface area contributed by atoms with E-state index in [1.165, 1.54) is 33.5 Å². The Kier molecular flexibility index (Phi) is 7.25. The number of rotatable bonds is 6. The number of hydrogen-bond donors (Lipinski definition) is 0. The Morgan fingerprint density at radius 2 is 1.60 bits per heavy atom. The molecule has 6 aromatic rings. The first-order valence-corrected chi connectivity index (χ1v) is 16.8. The van der Waals surface area contributed by atoms with Gasteiger partial charge in [-0.15, -0.1) is 11.3 Å². The van der Waals surface area contributed by atoms with Gasteiger partial charge in [0, 0.05) is 28.1 Å². The molecule has 208 valence electrons. The van der Waals surface area contributed by atoms with Crippen LogP contribution in [0.25, 0.3) is 44.4 Å². The summed E-state index contributed by atoms with van der Waals surface area (Å²) in [6, 6.07) is 29.3. The molecule has 1 unspecified atom stereocenters. The zero-order valence-electron chi connectivity index (χ0n) is 22.5. The normalized spacial score (nSPS) is 12.4. The lowest BCUT2D eigenvalue weighted by Gasteiger charge is -2.15. The average molecular weight is 611 g/mol. The highest BCUT2D eigenvalue weighted by molar-refractivity contribution is 7.90. The molecule has 0 aliphatic rings. The van der Waals surface area contributed by atoms with Crippen molar-refractivity contribution < 1.29 is 17.4 Å². The lowest BCUT2D eigenvalue weighted by atomic mass is 9.96. The standard InChI is InChI=1S/C33H23FN2O3S3/c1-21-9-12-27(13-10-21)42(38,39)36-30-14-11-25(34)19-29(30)32(28-15-16-40-31(28)20-35)33(36)24-7-3-5-22(17-24)23-6-4-8-26(18-23)41(2)37/h3-19H,1-2H3. The van der Waals surface area contributed by atoms with Crippen molar-refractivity contribution in [3.8, 4) is 39.6 Å². The highest BCUT2D eigenvalue weighted by Crippen LogP contribution is 2.45. The van der Waals surface area contributed by atoms with Crippen LogP contribution in [0.4, 0.5) is 4.39 Å². The van der Waals surface area contributed by atoms with Gasteiger partial charge in [0.25, 0.3) is 10.0 Å². The second kappa shape index (κ2) is 10.9. The Balaban J connectivity index is 1.73. The van der Waals surface area contributed by atoms with E-state index < -0.39 is 27.0 Å². The highest BCUT2D eigenvalue weighted by Gasteiger charge is 2.30. The second-order valence-electron chi connectivity index (χ2n) is 9.81. The Hall–Kier alpha value is -4.20. The summed E-state index contributed by atoms with van der Waals surface area (Å²) in [6.45, 7) is 1.88. The number of nitriles is 1. The van der Waals surface area contributed by atoms with E-state index in [2.05, 4.69) is 6.07 Å². The van der Waals surface area contributed by atoms with Gasteiger partial charge in [-0.2, -0.15) is 5.26 Å². The largest absolute Gasteiger partial charge is 0.612 e. The maximum atomic E-state index is 14.8. The first-order chi connectivity index (χ1) is 20.2. The average Bonchev–Trinajstić information content (AvgIpc) is 3.59. The van der Waals surface area contributed by atoms with E-state index in [1.807, 2.05) is 43.3 Å². The monoisotopic (exact) mass is 610 g/mol. The predicted octanol–water partition coefficient (Wildman–Crippen LogP) is 8.00. The number of hydrogen-bond acceptors (Lipinski definition) is 5. The summed E-state index contributed by atoms with van der Waals surface area (Å²) in [5, 5.41) is 12.1. The van der Waals surface area contributed by atoms with Crippen LogP contribution in [0.5, 0.6) is 0 Å². The molecule has 42 heavy (non-hydrogen) atoms. The molecule has 1 atom stereocenters. The molecule has 0 spiro atoms. The summed E-state index contributed by atoms with van der Waals surface area (Å²) in [5.74, 6) is -0.521. The summed E-state index contributed by atoms with van der Waals surface area (Å²) in [4.78, 5) is 1.14. The van der Waals surface area contributed by atoms with Crippen molar-refractivity contribution in [3.05, 3.63) is 119 Å². The minimum Gasteiger partial charge on any atom is -0.612 e. The zero-order chi connectivity index (χ0) is 29.6. The minimum atomic E-state index is -4.18. The van der Waals surface area contributed by atoms with Crippen molar-refractivity contribution >= 4 is 43.4 Å². The molecule has 2 aromatic heterocycles. The summed E-state index contributed by atoms with van der Waals surface area (Å²) in [7, 11) is -4.18. The molecule has 0 fully saturated rings. The number of nitrogens with zero attached hydrogens (tertiary/aromatic N) is 2. The Morgan fingerprint density at radius 3 is 2.31 bits per heavy atom. The number of aryl methyl sites for hydroxylation is 1. The molecule has 4 aromatic carbocycles. The van der Waals surface area contributed by atoms with Crippen molar-refractivity contribution in [1.82, 2.24) is 3.97 Å². The first-order valence-electron chi connectivity index (χ1n) is 12.9. The molecule has 0 bridgehead atoms. The fourth-order valence-corrected chi connectivity index (χ4v) is 7.93. The van der Waals surface area contributed by atoms with E-state index in [0.717, 1.165) is 16.7 Å². The van der Waals surface area contributed by atoms with Crippen LogP contribution in [-0.2, 0) is 21.2 Å². The molecule has 0 saturated carbocycles. The van der Waals surface area contributed by atoms with E-state index in [9.17, 15) is 22.6 Å². The van der Waals surface area contributed by atoms with Gasteiger partial charge in [0.2, 0.25) is 0 Å². The molecular weight excluding hydrogens is 588 g/mol. The molecule has 0 aliphatic carbocycles. The smallest absolute Gasteiger partial charge is 0.268 e. The van der Waals surface area contributed by atoms with E-state index >= 15 is 0 Å². The third-order valence-corrected chi connectivity index (χ3v) is 10.6. The number of fused-ring (bicyclic) bond motifs is 1. The summed E-state index contributed by atoms with van der Waals surface area (Å²) in [6.07, 6.45) is 1.61. The number of benzene rings is 4. The van der Waals surface area contributed by atoms with Crippen LogP contribution >= 0.6 is 11.3 Å². The molecule has 5 nitrogen and oxygen atoms in total. The third-order valence-electron chi connectivity index (χ3n) is 7.12. The van der Waals surface area contributed by atoms with Crippen LogP contribution in [0.3, 0.4) is 0 Å². The van der Waals surface area contributed by atoms with Gasteiger partial charge in [-0.1, -0.05) is 48.0 Å². The SMILES string of the molecule is Cc1ccc(S(=O)(=O)n2c(-c3cccc(-c4cccc([S+](C)[O-])c4)c3)c(-c3ccsc3C#N)c3cc(F)ccc32)cc1. The summed E-state index contributed by atoms with van der Waals surface area (Å²) < 4.78 is 57.1. The van der Waals surface area contributed by atoms with Crippen molar-refractivity contribution in [2.24, 2.45) is 0 Å². The molecule has 0 amide bonds. The van der Waals surface area contributed by atoms with E-state index in [4.69, 9.17) is 0 Å². The Morgan fingerprint density at radius 1 is 0.905 bits per heavy atom. The van der Waals surface area contributed by atoms with Gasteiger partial charge in [0.15, 0.2) is 4.90 Å². The van der Waals surface area contributed by atoms with Gasteiger partial charge in [-0.25, -0.2) is 16.8 Å². The van der Waals surface area contributed by atoms with Gasteiger partial charge in [-0.3, -0.25) is 0 Å². The molecule has 9 heteroatoms. The fourth-order valence-electron chi connectivity index (χ4n) is 5.13. The topological polar surface area (TPSA) is 85.9 Å². The summed E-state index contributed by atoms with van der Waals surface area (Å²) in [5.41, 5.74) is 4.68. The summed E-state index contributed by atoms with van der Waals surface area (Å²) >= 11 is 0.0559. The van der Waals surface area contributed by atoms with E-state index in [-0.39, 0.29) is 4.90 Å². The van der Waals surface area contributed by atoms with Crippen LogP contribution in [0.15, 0.2) is 112 Å². The van der Waals surface area contributed by atoms with Gasteiger partial charge in [0.1, 0.15) is 23.0 Å². The van der Waals surface area contributed by atoms with Gasteiger partial charge >= 0.3 is 0 Å². The van der Waals surface area contributed by atoms with E-state index in [0.29, 0.717) is 43.1 Å². The van der Waals surface area contributed by atoms with Crippen LogP contribution in [0.2, 0.25) is 0 Å². The molecule has 2 heterocycles. The molecule has 6 rings (SSSR count). The lowest BCUT2D eigenvalue weighted by molar-refractivity contribution is 0.589. The maximum absolute atomic E-state index is 14.8. The Bertz CT molecular complexity index is 2120. The number of aromatic nitrogens is 1. The molecule has 0 saturated heterocycles. The van der Waals surface area contributed by atoms with Crippen molar-refractivity contribution in [2.45, 2.75) is 16.7 Å². The zero-order valence-corrected chi connectivity index (χ0v) is 25.0. The molecule has 0 radical (unpaired) electrons. The van der Waals surface area contributed by atoms with Crippen LogP contribution < -0.4 is 0 Å². The van der Waals surface area contributed by atoms with Crippen molar-refractivity contribution in [1.29, 1.82) is 5.26 Å². The van der Waals surface area contributed by atoms with Crippen LogP contribution in [-0.4, -0.2) is 23.2 Å². The van der Waals surface area contributed by atoms with Crippen molar-refractivity contribution in [3.63, 3.8) is 0 Å². The van der Waals surface area contributed by atoms with Gasteiger partial charge in [0.05, 0.1) is 16.1 Å².